The summed E-state index contributed by atoms with van der Waals surface area (Å²) in [5.41, 5.74) is 1.82. The van der Waals surface area contributed by atoms with E-state index in [-0.39, 0.29) is 73.2 Å². The van der Waals surface area contributed by atoms with Crippen LogP contribution >= 0.6 is 0 Å². The number of nitro groups is 1. The van der Waals surface area contributed by atoms with Crippen molar-refractivity contribution in [1.82, 2.24) is 42.5 Å². The summed E-state index contributed by atoms with van der Waals surface area (Å²) in [6, 6.07) is 18.7. The Morgan fingerprint density at radius 3 is 1.27 bits per heavy atom. The summed E-state index contributed by atoms with van der Waals surface area (Å²) in [4.78, 5) is 133. The van der Waals surface area contributed by atoms with Gasteiger partial charge in [-0.1, -0.05) is 102 Å². The van der Waals surface area contributed by atoms with E-state index in [9.17, 15) is 58.1 Å². The van der Waals surface area contributed by atoms with Crippen molar-refractivity contribution in [3.05, 3.63) is 130 Å². The van der Waals surface area contributed by atoms with Crippen LogP contribution < -0.4 is 47.3 Å². The largest absolute Gasteiger partial charge is 0.480 e. The number of carbonyl (C=O) groups is 10. The number of hydrogen-bond acceptors (Lipinski definition) is 13. The number of carbonyl (C=O) groups excluding carboxylic acids is 9. The molecular formula is C52H67N9O14. The number of benzene rings is 3. The minimum Gasteiger partial charge on any atom is -0.480 e. The standard InChI is InChI=1S/C29H35N5O8.C23H32N4O6/c1-18(2)14-23(28(38)31-17-26(36)42-22-12-10-21(11-13-22)34(40)41)33-29(39)24(15-20-8-6-5-7-9-20)32-25(35)16-30-27(37)19(3)4;1-14(2)10-17(22(32)25-13-20(29)30)27-23(33)18(11-16-8-6-5-7-9-16)26-19(28)12-24-21(31)15(3)4/h5-13,18,23-24H,3,14-17H2,1-2,4H3,(H,30,37)(H,31,38)(H,32,35)(H,33,39);5-9,14,17-18H,3,10-13H2,1-2,4H3,(H,24,31)(H,25,32)(H,26,28)(H,27,33)(H,29,30). The molecule has 0 saturated carbocycles. The van der Waals surface area contributed by atoms with Crippen LogP contribution in [0.5, 0.6) is 5.75 Å². The third-order valence-corrected chi connectivity index (χ3v) is 10.2. The van der Waals surface area contributed by atoms with Crippen LogP contribution in [0.15, 0.2) is 109 Å². The Morgan fingerprint density at radius 2 is 0.920 bits per heavy atom. The molecule has 3 aromatic rings. The van der Waals surface area contributed by atoms with Crippen molar-refractivity contribution in [3.63, 3.8) is 0 Å². The highest BCUT2D eigenvalue weighted by Gasteiger charge is 2.30. The van der Waals surface area contributed by atoms with E-state index in [0.29, 0.717) is 0 Å². The first-order valence-corrected chi connectivity index (χ1v) is 23.7. The van der Waals surface area contributed by atoms with Gasteiger partial charge in [0.15, 0.2) is 0 Å². The molecule has 3 rings (SSSR count). The summed E-state index contributed by atoms with van der Waals surface area (Å²) in [7, 11) is 0. The Labute approximate surface area is 434 Å². The smallest absolute Gasteiger partial charge is 0.330 e. The number of esters is 1. The summed E-state index contributed by atoms with van der Waals surface area (Å²) in [5.74, 6) is -6.64. The Hall–Kier alpha value is -8.76. The first kappa shape index (κ1) is 62.4. The van der Waals surface area contributed by atoms with Crippen LogP contribution in [-0.4, -0.2) is 120 Å². The number of carboxylic acid groups (broad SMARTS) is 1. The maximum absolute atomic E-state index is 13.3. The van der Waals surface area contributed by atoms with Gasteiger partial charge in [0.2, 0.25) is 47.3 Å². The second-order valence-corrected chi connectivity index (χ2v) is 18.0. The van der Waals surface area contributed by atoms with Gasteiger partial charge in [-0.25, -0.2) is 4.79 Å². The van der Waals surface area contributed by atoms with Gasteiger partial charge in [-0.3, -0.25) is 53.3 Å². The molecule has 0 saturated heterocycles. The quantitative estimate of drug-likeness (QED) is 0.0164. The second kappa shape index (κ2) is 32.3. The van der Waals surface area contributed by atoms with E-state index in [0.717, 1.165) is 11.1 Å². The molecule has 0 aliphatic rings. The fourth-order valence-electron chi connectivity index (χ4n) is 6.55. The number of aliphatic carboxylic acids is 1. The lowest BCUT2D eigenvalue weighted by Crippen LogP contribution is -2.56. The van der Waals surface area contributed by atoms with Crippen molar-refractivity contribution >= 4 is 64.9 Å². The average Bonchev–Trinajstić information content (AvgIpc) is 3.35. The zero-order valence-electron chi connectivity index (χ0n) is 42.8. The lowest BCUT2D eigenvalue weighted by molar-refractivity contribution is -0.384. The Morgan fingerprint density at radius 1 is 0.533 bits per heavy atom. The fraction of sp³-hybridized carbons (Fsp3) is 0.385. The highest BCUT2D eigenvalue weighted by Crippen LogP contribution is 2.17. The molecule has 4 unspecified atom stereocenters. The van der Waals surface area contributed by atoms with E-state index in [4.69, 9.17) is 9.84 Å². The molecule has 8 amide bonds. The number of non-ortho nitro benzene ring substituents is 1. The van der Waals surface area contributed by atoms with Gasteiger partial charge in [0.05, 0.1) is 18.0 Å². The van der Waals surface area contributed by atoms with Crippen molar-refractivity contribution in [2.45, 2.75) is 91.4 Å². The predicted molar refractivity (Wildman–Crippen MR) is 275 cm³/mol. The first-order chi connectivity index (χ1) is 35.3. The van der Waals surface area contributed by atoms with E-state index in [1.165, 1.54) is 38.1 Å². The molecule has 0 fully saturated rings. The van der Waals surface area contributed by atoms with Crippen LogP contribution in [0.3, 0.4) is 0 Å². The molecule has 9 N–H and O–H groups in total. The minimum atomic E-state index is -1.20. The van der Waals surface area contributed by atoms with E-state index in [1.54, 1.807) is 54.6 Å². The highest BCUT2D eigenvalue weighted by molar-refractivity contribution is 5.98. The van der Waals surface area contributed by atoms with Crippen LogP contribution in [0.25, 0.3) is 0 Å². The summed E-state index contributed by atoms with van der Waals surface area (Å²) in [6.07, 6.45) is 0.774. The van der Waals surface area contributed by atoms with Crippen molar-refractivity contribution < 1.29 is 62.7 Å². The van der Waals surface area contributed by atoms with Crippen LogP contribution in [0.1, 0.15) is 65.5 Å². The summed E-state index contributed by atoms with van der Waals surface area (Å²) in [6.45, 7) is 15.6. The van der Waals surface area contributed by atoms with E-state index < -0.39 is 101 Å². The fourth-order valence-corrected chi connectivity index (χ4v) is 6.55. The van der Waals surface area contributed by atoms with Crippen molar-refractivity contribution in [3.8, 4) is 5.75 Å². The minimum absolute atomic E-state index is 0.0207. The molecule has 75 heavy (non-hydrogen) atoms. The lowest BCUT2D eigenvalue weighted by Gasteiger charge is -2.24. The summed E-state index contributed by atoms with van der Waals surface area (Å²) < 4.78 is 5.10. The van der Waals surface area contributed by atoms with Gasteiger partial charge in [-0.2, -0.15) is 0 Å². The maximum Gasteiger partial charge on any atom is 0.330 e. The summed E-state index contributed by atoms with van der Waals surface area (Å²) >= 11 is 0. The van der Waals surface area contributed by atoms with Crippen LogP contribution in [0.2, 0.25) is 0 Å². The maximum atomic E-state index is 13.3. The number of amides is 8. The lowest BCUT2D eigenvalue weighted by atomic mass is 10.0. The number of nitro benzene ring substituents is 1. The van der Waals surface area contributed by atoms with E-state index in [1.807, 2.05) is 33.8 Å². The zero-order chi connectivity index (χ0) is 56.2. The Bertz CT molecular complexity index is 2500. The number of nitrogens with one attached hydrogen (secondary N) is 8. The van der Waals surface area contributed by atoms with Crippen LogP contribution in [-0.2, 0) is 60.8 Å². The van der Waals surface area contributed by atoms with Crippen molar-refractivity contribution in [2.24, 2.45) is 11.8 Å². The second-order valence-electron chi connectivity index (χ2n) is 18.0. The van der Waals surface area contributed by atoms with Crippen molar-refractivity contribution in [1.29, 1.82) is 0 Å². The molecule has 4 atom stereocenters. The van der Waals surface area contributed by atoms with Crippen LogP contribution in [0.4, 0.5) is 5.69 Å². The zero-order valence-corrected chi connectivity index (χ0v) is 42.8. The summed E-state index contributed by atoms with van der Waals surface area (Å²) in [5, 5.41) is 39.6. The number of nitrogens with zero attached hydrogens (tertiary/aromatic N) is 1. The number of rotatable bonds is 28. The molecular weight excluding hydrogens is 975 g/mol. The Kier molecular flexibility index (Phi) is 26.9. The molecule has 0 bridgehead atoms. The molecule has 0 spiro atoms. The first-order valence-electron chi connectivity index (χ1n) is 23.7. The molecule has 23 heteroatoms. The SMILES string of the molecule is C=C(C)C(=O)NCC(=O)NC(Cc1ccccc1)C(=O)NC(CC(C)C)C(=O)NCC(=O)O.C=C(C)C(=O)NCC(=O)NC(Cc1ccccc1)C(=O)NC(CC(C)C)C(=O)NCC(=O)Oc1ccc([N+](=O)[O-])cc1. The van der Waals surface area contributed by atoms with Gasteiger partial charge in [-0.15, -0.1) is 0 Å². The number of carboxylic acids is 1. The highest BCUT2D eigenvalue weighted by atomic mass is 16.6. The number of hydrogen-bond donors (Lipinski definition) is 9. The third-order valence-electron chi connectivity index (χ3n) is 10.2. The van der Waals surface area contributed by atoms with Gasteiger partial charge in [0, 0.05) is 36.1 Å². The van der Waals surface area contributed by atoms with Gasteiger partial charge in [-0.05, 0) is 61.8 Å². The van der Waals surface area contributed by atoms with Gasteiger partial charge in [0.1, 0.15) is 43.0 Å². The molecule has 0 heterocycles. The molecule has 3 aromatic carbocycles. The average molecular weight is 1040 g/mol. The molecule has 23 nitrogen and oxygen atoms in total. The topological polar surface area (TPSA) is 340 Å². The molecule has 0 aromatic heterocycles. The van der Waals surface area contributed by atoms with E-state index in [2.05, 4.69) is 55.7 Å². The van der Waals surface area contributed by atoms with Crippen LogP contribution in [0, 0.1) is 22.0 Å². The van der Waals surface area contributed by atoms with E-state index >= 15 is 0 Å². The molecule has 0 aliphatic carbocycles. The molecule has 404 valence electrons. The molecule has 0 radical (unpaired) electrons. The third kappa shape index (κ3) is 25.5. The van der Waals surface area contributed by atoms with Gasteiger partial charge >= 0.3 is 11.9 Å². The van der Waals surface area contributed by atoms with Gasteiger partial charge in [0.25, 0.3) is 5.69 Å². The number of ether oxygens (including phenoxy) is 1. The van der Waals surface area contributed by atoms with Gasteiger partial charge < -0.3 is 52.4 Å². The molecule has 0 aliphatic heterocycles. The van der Waals surface area contributed by atoms with Crippen molar-refractivity contribution in [2.75, 3.05) is 26.2 Å². The Balaban J connectivity index is 0.000000529. The predicted octanol–water partition coefficient (Wildman–Crippen LogP) is 1.71. The normalized spacial score (nSPS) is 12.1. The monoisotopic (exact) mass is 1040 g/mol.